The first-order valence-electron chi connectivity index (χ1n) is 15.3. The maximum Gasteiger partial charge on any atom is 0.410 e. The number of nitrogens with one attached hydrogen (secondary N) is 3. The summed E-state index contributed by atoms with van der Waals surface area (Å²) in [6.45, 7) is 7.47. The molecule has 2 aromatic carbocycles. The van der Waals surface area contributed by atoms with E-state index in [9.17, 15) is 24.0 Å². The van der Waals surface area contributed by atoms with Gasteiger partial charge in [-0.05, 0) is 108 Å². The van der Waals surface area contributed by atoms with E-state index in [1.54, 1.807) is 74.2 Å². The molecule has 244 valence electrons. The standard InChI is InChI=1S/C19H22N4O4.C14H14N4O2/c1-18(2,3)27-17(26)22-10-8-19(9-11-22)15(24)23(16(25)21-19)14-6-4-13(12-20)5-7-14;15-9-10-1-3-11(4-2-10)18-12(19)14(17-13(18)20)5-7-16-8-6-14/h4-7H,8-11H2,1-3H3,(H,21,25);1-4,16H,5-8H2,(H,17,20). The van der Waals surface area contributed by atoms with E-state index in [1.165, 1.54) is 4.90 Å². The molecule has 0 bridgehead atoms. The lowest BCUT2D eigenvalue weighted by Crippen LogP contribution is -2.56. The molecule has 14 heteroatoms. The summed E-state index contributed by atoms with van der Waals surface area (Å²) in [6.07, 6.45) is 1.43. The van der Waals surface area contributed by atoms with Crippen LogP contribution in [-0.4, -0.2) is 77.7 Å². The summed E-state index contributed by atoms with van der Waals surface area (Å²) in [7, 11) is 0. The van der Waals surface area contributed by atoms with Gasteiger partial charge in [-0.2, -0.15) is 10.5 Å². The number of hydrogen-bond acceptors (Lipinski definition) is 9. The summed E-state index contributed by atoms with van der Waals surface area (Å²) >= 11 is 0. The van der Waals surface area contributed by atoms with Gasteiger partial charge in [-0.3, -0.25) is 9.59 Å². The number of ether oxygens (including phenoxy) is 1. The van der Waals surface area contributed by atoms with Crippen LogP contribution in [-0.2, 0) is 14.3 Å². The minimum absolute atomic E-state index is 0.200. The zero-order valence-electron chi connectivity index (χ0n) is 26.5. The van der Waals surface area contributed by atoms with Crippen molar-refractivity contribution in [3.8, 4) is 12.1 Å². The Morgan fingerprint density at radius 3 is 1.51 bits per heavy atom. The van der Waals surface area contributed by atoms with Crippen LogP contribution in [0.25, 0.3) is 0 Å². The highest BCUT2D eigenvalue weighted by atomic mass is 16.6. The summed E-state index contributed by atoms with van der Waals surface area (Å²) in [5.41, 5.74) is -0.496. The molecule has 4 aliphatic rings. The van der Waals surface area contributed by atoms with Crippen molar-refractivity contribution in [2.45, 2.75) is 63.1 Å². The minimum Gasteiger partial charge on any atom is -0.444 e. The number of anilines is 2. The number of carbonyl (C=O) groups is 5. The Morgan fingerprint density at radius 2 is 1.13 bits per heavy atom. The zero-order valence-corrected chi connectivity index (χ0v) is 26.5. The van der Waals surface area contributed by atoms with Crippen LogP contribution < -0.4 is 25.8 Å². The molecule has 0 unspecified atom stereocenters. The normalized spacial score (nSPS) is 19.8. The average molecular weight is 641 g/mol. The number of imide groups is 2. The zero-order chi connectivity index (χ0) is 34.0. The predicted octanol–water partition coefficient (Wildman–Crippen LogP) is 3.12. The topological polar surface area (TPSA) is 188 Å². The van der Waals surface area contributed by atoms with Crippen molar-refractivity contribution >= 4 is 41.3 Å². The van der Waals surface area contributed by atoms with Crippen LogP contribution in [0.4, 0.5) is 25.8 Å². The molecule has 7 amide bonds. The van der Waals surface area contributed by atoms with Crippen molar-refractivity contribution in [3.05, 3.63) is 59.7 Å². The number of amides is 7. The molecule has 4 heterocycles. The van der Waals surface area contributed by atoms with Crippen LogP contribution in [0.2, 0.25) is 0 Å². The first kappa shape index (κ1) is 32.9. The van der Waals surface area contributed by atoms with Crippen LogP contribution in [0.3, 0.4) is 0 Å². The summed E-state index contributed by atoms with van der Waals surface area (Å²) in [4.78, 5) is 66.2. The van der Waals surface area contributed by atoms with E-state index in [4.69, 9.17) is 15.3 Å². The van der Waals surface area contributed by atoms with Crippen molar-refractivity contribution in [2.24, 2.45) is 0 Å². The van der Waals surface area contributed by atoms with E-state index >= 15 is 0 Å². The van der Waals surface area contributed by atoms with Gasteiger partial charge in [0.2, 0.25) is 0 Å². The smallest absolute Gasteiger partial charge is 0.410 e. The fourth-order valence-electron chi connectivity index (χ4n) is 6.01. The van der Waals surface area contributed by atoms with Crippen molar-refractivity contribution in [3.63, 3.8) is 0 Å². The Morgan fingerprint density at radius 1 is 0.723 bits per heavy atom. The molecule has 2 spiro atoms. The maximum absolute atomic E-state index is 13.0. The molecule has 14 nitrogen and oxygen atoms in total. The third-order valence-electron chi connectivity index (χ3n) is 8.56. The number of hydrogen-bond donors (Lipinski definition) is 3. The fraction of sp³-hybridized carbons (Fsp3) is 0.424. The summed E-state index contributed by atoms with van der Waals surface area (Å²) in [5, 5.41) is 26.5. The van der Waals surface area contributed by atoms with Crippen LogP contribution in [0, 0.1) is 22.7 Å². The fourth-order valence-corrected chi connectivity index (χ4v) is 6.01. The largest absolute Gasteiger partial charge is 0.444 e. The highest BCUT2D eigenvalue weighted by Crippen LogP contribution is 2.33. The van der Waals surface area contributed by atoms with Gasteiger partial charge in [0, 0.05) is 13.1 Å². The summed E-state index contributed by atoms with van der Waals surface area (Å²) in [5.74, 6) is -0.533. The van der Waals surface area contributed by atoms with Gasteiger partial charge in [-0.15, -0.1) is 0 Å². The van der Waals surface area contributed by atoms with Crippen LogP contribution in [0.15, 0.2) is 48.5 Å². The van der Waals surface area contributed by atoms with Gasteiger partial charge < -0.3 is 25.6 Å². The molecule has 3 N–H and O–H groups in total. The number of urea groups is 2. The summed E-state index contributed by atoms with van der Waals surface area (Å²) in [6, 6.07) is 15.9. The Balaban J connectivity index is 0.000000193. The SMILES string of the molecule is CC(C)(C)OC(=O)N1CCC2(CC1)NC(=O)N(c1ccc(C#N)cc1)C2=O.N#Cc1ccc(N2C(=O)NC3(CCNCC3)C2=O)cc1. The van der Waals surface area contributed by atoms with E-state index in [-0.39, 0.29) is 17.8 Å². The van der Waals surface area contributed by atoms with Gasteiger partial charge in [0.25, 0.3) is 11.8 Å². The van der Waals surface area contributed by atoms with Crippen LogP contribution in [0.5, 0.6) is 0 Å². The Labute approximate surface area is 272 Å². The number of piperidine rings is 2. The lowest BCUT2D eigenvalue weighted by atomic mass is 9.87. The molecule has 6 rings (SSSR count). The van der Waals surface area contributed by atoms with Gasteiger partial charge in [0.15, 0.2) is 0 Å². The first-order valence-corrected chi connectivity index (χ1v) is 15.3. The number of benzene rings is 2. The molecule has 4 saturated heterocycles. The Bertz CT molecular complexity index is 1650. The lowest BCUT2D eigenvalue weighted by molar-refractivity contribution is -0.124. The molecule has 0 saturated carbocycles. The molecular weight excluding hydrogens is 604 g/mol. The third-order valence-corrected chi connectivity index (χ3v) is 8.56. The van der Waals surface area contributed by atoms with E-state index in [0.717, 1.165) is 4.90 Å². The second-order valence-electron chi connectivity index (χ2n) is 12.8. The van der Waals surface area contributed by atoms with E-state index in [1.807, 2.05) is 12.1 Å². The van der Waals surface area contributed by atoms with Gasteiger partial charge in [-0.1, -0.05) is 0 Å². The number of nitriles is 2. The molecule has 0 aromatic heterocycles. The molecule has 2 aromatic rings. The van der Waals surface area contributed by atoms with E-state index in [0.29, 0.717) is 74.4 Å². The number of likely N-dealkylation sites (tertiary alicyclic amines) is 1. The van der Waals surface area contributed by atoms with Crippen LogP contribution >= 0.6 is 0 Å². The minimum atomic E-state index is -1.01. The highest BCUT2D eigenvalue weighted by Gasteiger charge is 2.54. The van der Waals surface area contributed by atoms with E-state index in [2.05, 4.69) is 16.0 Å². The molecule has 0 radical (unpaired) electrons. The first-order chi connectivity index (χ1) is 22.3. The molecular formula is C33H36N8O6. The maximum atomic E-state index is 13.0. The molecule has 4 fully saturated rings. The van der Waals surface area contributed by atoms with Crippen molar-refractivity contribution in [1.82, 2.24) is 20.9 Å². The van der Waals surface area contributed by atoms with Crippen molar-refractivity contribution < 1.29 is 28.7 Å². The molecule has 0 aliphatic carbocycles. The van der Waals surface area contributed by atoms with E-state index < -0.39 is 28.8 Å². The van der Waals surface area contributed by atoms with Gasteiger partial charge in [-0.25, -0.2) is 24.2 Å². The number of nitrogens with zero attached hydrogens (tertiary/aromatic N) is 5. The van der Waals surface area contributed by atoms with Crippen molar-refractivity contribution in [1.29, 1.82) is 10.5 Å². The third kappa shape index (κ3) is 6.59. The van der Waals surface area contributed by atoms with Crippen molar-refractivity contribution in [2.75, 3.05) is 36.0 Å². The predicted molar refractivity (Wildman–Crippen MR) is 169 cm³/mol. The average Bonchev–Trinajstić information content (AvgIpc) is 3.43. The summed E-state index contributed by atoms with van der Waals surface area (Å²) < 4.78 is 5.37. The second-order valence-corrected chi connectivity index (χ2v) is 12.8. The monoisotopic (exact) mass is 640 g/mol. The Hall–Kier alpha value is -5.47. The molecule has 4 aliphatic heterocycles. The van der Waals surface area contributed by atoms with Gasteiger partial charge in [0.05, 0.1) is 34.6 Å². The quantitative estimate of drug-likeness (QED) is 0.415. The van der Waals surface area contributed by atoms with Crippen LogP contribution in [0.1, 0.15) is 57.6 Å². The van der Waals surface area contributed by atoms with Gasteiger partial charge in [0.1, 0.15) is 16.7 Å². The highest BCUT2D eigenvalue weighted by molar-refractivity contribution is 6.24. The molecule has 0 atom stereocenters. The number of rotatable bonds is 2. The lowest BCUT2D eigenvalue weighted by Gasteiger charge is -2.37. The van der Waals surface area contributed by atoms with Gasteiger partial charge >= 0.3 is 18.2 Å². The second kappa shape index (κ2) is 12.7. The Kier molecular flexibility index (Phi) is 8.91. The molecule has 47 heavy (non-hydrogen) atoms. The number of carbonyl (C=O) groups excluding carboxylic acids is 5.